The maximum atomic E-state index is 13.0. The van der Waals surface area contributed by atoms with Gasteiger partial charge >= 0.3 is 0 Å². The Morgan fingerprint density at radius 3 is 2.52 bits per heavy atom. The van der Waals surface area contributed by atoms with Crippen molar-refractivity contribution >= 4 is 11.7 Å². The van der Waals surface area contributed by atoms with Gasteiger partial charge in [0.15, 0.2) is 5.76 Å². The minimum Gasteiger partial charge on any atom is -0.451 e. The maximum absolute atomic E-state index is 13.0. The Morgan fingerprint density at radius 2 is 1.83 bits per heavy atom. The lowest BCUT2D eigenvalue weighted by Crippen LogP contribution is -2.26. The summed E-state index contributed by atoms with van der Waals surface area (Å²) >= 11 is 0. The molecular weight excluding hydrogens is 295 g/mol. The summed E-state index contributed by atoms with van der Waals surface area (Å²) in [5.74, 6) is 0.655. The van der Waals surface area contributed by atoms with Crippen molar-refractivity contribution in [2.75, 3.05) is 11.9 Å². The molecule has 3 aromatic rings. The van der Waals surface area contributed by atoms with Crippen molar-refractivity contribution in [3.63, 3.8) is 0 Å². The molecule has 0 bridgehead atoms. The van der Waals surface area contributed by atoms with Crippen LogP contribution in [0, 0.1) is 12.7 Å². The first-order chi connectivity index (χ1) is 11.0. The zero-order valence-corrected chi connectivity index (χ0v) is 12.8. The molecule has 3 rings (SSSR count). The van der Waals surface area contributed by atoms with Gasteiger partial charge < -0.3 is 4.42 Å². The number of aromatic nitrogens is 1. The molecule has 1 amide bonds. The zero-order chi connectivity index (χ0) is 16.4. The molecule has 2 aromatic heterocycles. The second-order valence-corrected chi connectivity index (χ2v) is 5.17. The molecule has 116 valence electrons. The third-order valence-electron chi connectivity index (χ3n) is 3.47. The Labute approximate surface area is 133 Å². The van der Waals surface area contributed by atoms with Gasteiger partial charge in [-0.1, -0.05) is 6.07 Å². The summed E-state index contributed by atoms with van der Waals surface area (Å²) in [6.07, 6.45) is 0. The van der Waals surface area contributed by atoms with Crippen molar-refractivity contribution < 1.29 is 13.6 Å². The highest BCUT2D eigenvalue weighted by molar-refractivity contribution is 6.03. The van der Waals surface area contributed by atoms with Crippen LogP contribution in [0.2, 0.25) is 0 Å². The molecule has 0 atom stereocenters. The van der Waals surface area contributed by atoms with Gasteiger partial charge in [-0.25, -0.2) is 9.37 Å². The van der Waals surface area contributed by atoms with Crippen LogP contribution in [0.1, 0.15) is 16.2 Å². The number of rotatable bonds is 3. The van der Waals surface area contributed by atoms with Gasteiger partial charge in [-0.3, -0.25) is 9.69 Å². The molecule has 1 aromatic carbocycles. The van der Waals surface area contributed by atoms with Gasteiger partial charge in [0, 0.05) is 18.3 Å². The van der Waals surface area contributed by atoms with Crippen LogP contribution >= 0.6 is 0 Å². The molecule has 0 saturated heterocycles. The fourth-order valence-electron chi connectivity index (χ4n) is 2.21. The monoisotopic (exact) mass is 310 g/mol. The molecule has 2 heterocycles. The number of halogens is 1. The Hall–Kier alpha value is -2.95. The van der Waals surface area contributed by atoms with Gasteiger partial charge in [-0.05, 0) is 55.5 Å². The third kappa shape index (κ3) is 3.13. The van der Waals surface area contributed by atoms with Crippen LogP contribution in [0.5, 0.6) is 0 Å². The molecule has 0 aliphatic heterocycles. The first kappa shape index (κ1) is 15.0. The minimum atomic E-state index is -0.318. The smallest absolute Gasteiger partial charge is 0.294 e. The highest BCUT2D eigenvalue weighted by Crippen LogP contribution is 2.24. The van der Waals surface area contributed by atoms with Gasteiger partial charge in [-0.15, -0.1) is 0 Å². The molecule has 5 heteroatoms. The van der Waals surface area contributed by atoms with E-state index >= 15 is 0 Å². The summed E-state index contributed by atoms with van der Waals surface area (Å²) in [4.78, 5) is 18.2. The molecule has 0 aliphatic carbocycles. The van der Waals surface area contributed by atoms with E-state index in [2.05, 4.69) is 4.98 Å². The second-order valence-electron chi connectivity index (χ2n) is 5.17. The molecule has 0 radical (unpaired) electrons. The molecule has 23 heavy (non-hydrogen) atoms. The average Bonchev–Trinajstić information content (AvgIpc) is 3.04. The summed E-state index contributed by atoms with van der Waals surface area (Å²) in [6.45, 7) is 1.86. The Bertz CT molecular complexity index is 840. The SMILES string of the molecule is Cc1cccc(N(C)C(=O)c2ccc(-c3ccc(F)cc3)o2)n1. The minimum absolute atomic E-state index is 0.204. The lowest BCUT2D eigenvalue weighted by molar-refractivity contribution is 0.0966. The number of furan rings is 1. The van der Waals surface area contributed by atoms with Crippen LogP contribution < -0.4 is 4.90 Å². The van der Waals surface area contributed by atoms with Gasteiger partial charge in [0.1, 0.15) is 17.4 Å². The highest BCUT2D eigenvalue weighted by atomic mass is 19.1. The lowest BCUT2D eigenvalue weighted by atomic mass is 10.2. The van der Waals surface area contributed by atoms with Crippen molar-refractivity contribution in [3.05, 3.63) is 71.9 Å². The second kappa shape index (κ2) is 6.04. The number of anilines is 1. The van der Waals surface area contributed by atoms with E-state index in [1.54, 1.807) is 37.4 Å². The van der Waals surface area contributed by atoms with Crippen LogP contribution in [0.3, 0.4) is 0 Å². The van der Waals surface area contributed by atoms with E-state index in [1.807, 2.05) is 19.1 Å². The van der Waals surface area contributed by atoms with E-state index in [0.717, 1.165) is 5.69 Å². The first-order valence-electron chi connectivity index (χ1n) is 7.12. The molecule has 0 unspecified atom stereocenters. The molecule has 0 spiro atoms. The van der Waals surface area contributed by atoms with Crippen LogP contribution in [-0.4, -0.2) is 17.9 Å². The number of carbonyl (C=O) groups is 1. The quantitative estimate of drug-likeness (QED) is 0.732. The van der Waals surface area contributed by atoms with Crippen LogP contribution in [0.25, 0.3) is 11.3 Å². The Balaban J connectivity index is 1.84. The topological polar surface area (TPSA) is 46.3 Å². The average molecular weight is 310 g/mol. The summed E-state index contributed by atoms with van der Waals surface area (Å²) < 4.78 is 18.6. The number of aryl methyl sites for hydroxylation is 1. The van der Waals surface area contributed by atoms with Gasteiger partial charge in [0.25, 0.3) is 5.91 Å². The summed E-state index contributed by atoms with van der Waals surface area (Å²) in [5.41, 5.74) is 1.54. The number of amides is 1. The molecule has 0 aliphatic rings. The standard InChI is InChI=1S/C18H15FN2O2/c1-12-4-3-5-17(20-12)21(2)18(22)16-11-10-15(23-16)13-6-8-14(19)9-7-13/h3-11H,1-2H3. The molecule has 4 nitrogen and oxygen atoms in total. The Kier molecular flexibility index (Phi) is 3.93. The van der Waals surface area contributed by atoms with Gasteiger partial charge in [-0.2, -0.15) is 0 Å². The number of hydrogen-bond acceptors (Lipinski definition) is 3. The molecular formula is C18H15FN2O2. The predicted octanol–water partition coefficient (Wildman–Crippen LogP) is 4.07. The number of benzene rings is 1. The normalized spacial score (nSPS) is 10.6. The van der Waals surface area contributed by atoms with Crippen LogP contribution in [-0.2, 0) is 0 Å². The molecule has 0 saturated carbocycles. The van der Waals surface area contributed by atoms with E-state index in [-0.39, 0.29) is 17.5 Å². The fourth-order valence-corrected chi connectivity index (χ4v) is 2.21. The van der Waals surface area contributed by atoms with Gasteiger partial charge in [0.05, 0.1) is 0 Å². The lowest BCUT2D eigenvalue weighted by Gasteiger charge is -2.15. The van der Waals surface area contributed by atoms with Gasteiger partial charge in [0.2, 0.25) is 0 Å². The molecule has 0 fully saturated rings. The third-order valence-corrected chi connectivity index (χ3v) is 3.47. The summed E-state index contributed by atoms with van der Waals surface area (Å²) in [7, 11) is 1.64. The predicted molar refractivity (Wildman–Crippen MR) is 85.8 cm³/mol. The number of pyridine rings is 1. The van der Waals surface area contributed by atoms with E-state index in [0.29, 0.717) is 17.1 Å². The van der Waals surface area contributed by atoms with Crippen molar-refractivity contribution in [2.24, 2.45) is 0 Å². The largest absolute Gasteiger partial charge is 0.451 e. The van der Waals surface area contributed by atoms with E-state index in [4.69, 9.17) is 4.42 Å². The number of carbonyl (C=O) groups excluding carboxylic acids is 1. The summed E-state index contributed by atoms with van der Waals surface area (Å²) in [5, 5.41) is 0. The first-order valence-corrected chi connectivity index (χ1v) is 7.12. The van der Waals surface area contributed by atoms with Crippen molar-refractivity contribution in [1.82, 2.24) is 4.98 Å². The number of hydrogen-bond donors (Lipinski definition) is 0. The van der Waals surface area contributed by atoms with E-state index in [9.17, 15) is 9.18 Å². The summed E-state index contributed by atoms with van der Waals surface area (Å²) in [6, 6.07) is 14.7. The van der Waals surface area contributed by atoms with E-state index in [1.165, 1.54) is 17.0 Å². The van der Waals surface area contributed by atoms with Crippen molar-refractivity contribution in [3.8, 4) is 11.3 Å². The van der Waals surface area contributed by atoms with E-state index < -0.39 is 0 Å². The molecule has 0 N–H and O–H groups in total. The highest BCUT2D eigenvalue weighted by Gasteiger charge is 2.18. The van der Waals surface area contributed by atoms with Crippen LogP contribution in [0.15, 0.2) is 59.0 Å². The zero-order valence-electron chi connectivity index (χ0n) is 12.8. The Morgan fingerprint density at radius 1 is 1.09 bits per heavy atom. The van der Waals surface area contributed by atoms with Crippen LogP contribution in [0.4, 0.5) is 10.2 Å². The van der Waals surface area contributed by atoms with Crippen molar-refractivity contribution in [1.29, 1.82) is 0 Å². The fraction of sp³-hybridized carbons (Fsp3) is 0.111. The maximum Gasteiger partial charge on any atom is 0.294 e. The number of nitrogens with zero attached hydrogens (tertiary/aromatic N) is 2. The van der Waals surface area contributed by atoms with Crippen molar-refractivity contribution in [2.45, 2.75) is 6.92 Å².